The summed E-state index contributed by atoms with van der Waals surface area (Å²) in [6, 6.07) is 14.2. The van der Waals surface area contributed by atoms with E-state index < -0.39 is 17.7 Å². The van der Waals surface area contributed by atoms with Gasteiger partial charge in [0.1, 0.15) is 11.5 Å². The van der Waals surface area contributed by atoms with E-state index >= 15 is 0 Å². The molecule has 0 saturated carbocycles. The lowest BCUT2D eigenvalue weighted by atomic mass is 9.94. The lowest BCUT2D eigenvalue weighted by Gasteiger charge is -2.25. The molecule has 0 aromatic heterocycles. The van der Waals surface area contributed by atoms with Gasteiger partial charge in [0.25, 0.3) is 11.7 Å². The van der Waals surface area contributed by atoms with Crippen LogP contribution >= 0.6 is 0 Å². The molecule has 2 aromatic carbocycles. The Labute approximate surface area is 178 Å². The van der Waals surface area contributed by atoms with Crippen LogP contribution in [-0.2, 0) is 16.0 Å². The average Bonchev–Trinajstić information content (AvgIpc) is 2.99. The van der Waals surface area contributed by atoms with Gasteiger partial charge in [-0.05, 0) is 62.1 Å². The van der Waals surface area contributed by atoms with E-state index in [1.54, 1.807) is 29.2 Å². The number of carbonyl (C=O) groups excluding carboxylic acids is 2. The predicted molar refractivity (Wildman–Crippen MR) is 117 cm³/mol. The summed E-state index contributed by atoms with van der Waals surface area (Å²) in [5.74, 6) is -0.692. The van der Waals surface area contributed by atoms with Crippen LogP contribution in [0.3, 0.4) is 0 Å². The van der Waals surface area contributed by atoms with Gasteiger partial charge < -0.3 is 14.7 Å². The number of Topliss-reactive ketones (excluding diaryl/α,β-unsaturated/α-hetero) is 1. The van der Waals surface area contributed by atoms with Crippen molar-refractivity contribution in [3.05, 3.63) is 70.8 Å². The van der Waals surface area contributed by atoms with Crippen LogP contribution in [0.2, 0.25) is 0 Å². The van der Waals surface area contributed by atoms with Crippen LogP contribution in [0, 0.1) is 0 Å². The minimum Gasteiger partial charge on any atom is -0.507 e. The summed E-state index contributed by atoms with van der Waals surface area (Å²) in [5, 5.41) is 11.0. The molecule has 3 rings (SSSR count). The number of aryl methyl sites for hydroxylation is 1. The molecule has 158 valence electrons. The lowest BCUT2D eigenvalue weighted by Crippen LogP contribution is -2.30. The Morgan fingerprint density at radius 3 is 2.20 bits per heavy atom. The molecule has 0 spiro atoms. The van der Waals surface area contributed by atoms with Gasteiger partial charge in [0.05, 0.1) is 17.7 Å². The first-order chi connectivity index (χ1) is 14.4. The predicted octanol–water partition coefficient (Wildman–Crippen LogP) is 4.87. The van der Waals surface area contributed by atoms with Crippen LogP contribution < -0.4 is 4.74 Å². The van der Waals surface area contributed by atoms with E-state index in [-0.39, 0.29) is 17.4 Å². The van der Waals surface area contributed by atoms with Gasteiger partial charge >= 0.3 is 0 Å². The van der Waals surface area contributed by atoms with Gasteiger partial charge in [-0.25, -0.2) is 0 Å². The van der Waals surface area contributed by atoms with Crippen LogP contribution in [0.25, 0.3) is 5.76 Å². The summed E-state index contributed by atoms with van der Waals surface area (Å²) < 4.78 is 5.65. The number of aliphatic hydroxyl groups is 1. The minimum absolute atomic E-state index is 0.0370. The Hall–Kier alpha value is -3.08. The van der Waals surface area contributed by atoms with Crippen molar-refractivity contribution >= 4 is 17.4 Å². The van der Waals surface area contributed by atoms with Crippen LogP contribution in [0.4, 0.5) is 0 Å². The summed E-state index contributed by atoms with van der Waals surface area (Å²) in [4.78, 5) is 27.2. The van der Waals surface area contributed by atoms with Crippen molar-refractivity contribution in [2.45, 2.75) is 52.7 Å². The topological polar surface area (TPSA) is 66.8 Å². The van der Waals surface area contributed by atoms with E-state index in [9.17, 15) is 14.7 Å². The summed E-state index contributed by atoms with van der Waals surface area (Å²) >= 11 is 0. The van der Waals surface area contributed by atoms with Crippen LogP contribution in [-0.4, -0.2) is 34.3 Å². The van der Waals surface area contributed by atoms with Gasteiger partial charge in [-0.2, -0.15) is 0 Å². The zero-order chi connectivity index (χ0) is 21.8. The Balaban J connectivity index is 2.07. The van der Waals surface area contributed by atoms with Gasteiger partial charge in [0.15, 0.2) is 0 Å². The molecule has 0 aliphatic carbocycles. The second-order valence-electron chi connectivity index (χ2n) is 7.78. The normalized spacial score (nSPS) is 18.3. The van der Waals surface area contributed by atoms with Gasteiger partial charge in [-0.1, -0.05) is 38.1 Å². The number of benzene rings is 2. The van der Waals surface area contributed by atoms with Gasteiger partial charge in [0.2, 0.25) is 0 Å². The number of carbonyl (C=O) groups is 2. The Morgan fingerprint density at radius 1 is 1.03 bits per heavy atom. The highest BCUT2D eigenvalue weighted by Crippen LogP contribution is 2.39. The van der Waals surface area contributed by atoms with Crippen molar-refractivity contribution in [3.8, 4) is 5.75 Å². The fourth-order valence-corrected chi connectivity index (χ4v) is 3.75. The molecule has 2 aromatic rings. The monoisotopic (exact) mass is 407 g/mol. The highest BCUT2D eigenvalue weighted by molar-refractivity contribution is 6.46. The number of ether oxygens (including phenoxy) is 1. The van der Waals surface area contributed by atoms with Crippen LogP contribution in [0.1, 0.15) is 56.8 Å². The number of hydrogen-bond acceptors (Lipinski definition) is 4. The Bertz CT molecular complexity index is 942. The van der Waals surface area contributed by atoms with E-state index in [2.05, 4.69) is 6.92 Å². The summed E-state index contributed by atoms with van der Waals surface area (Å²) in [6.45, 7) is 8.36. The van der Waals surface area contributed by atoms with E-state index in [1.807, 2.05) is 45.0 Å². The molecule has 1 atom stereocenters. The fraction of sp³-hybridized carbons (Fsp3) is 0.360. The van der Waals surface area contributed by atoms with Crippen molar-refractivity contribution in [1.82, 2.24) is 4.90 Å². The molecule has 5 nitrogen and oxygen atoms in total. The third kappa shape index (κ3) is 4.25. The average molecular weight is 408 g/mol. The van der Waals surface area contributed by atoms with Crippen LogP contribution in [0.5, 0.6) is 5.75 Å². The van der Waals surface area contributed by atoms with E-state index in [1.165, 1.54) is 5.56 Å². The molecule has 1 saturated heterocycles. The maximum absolute atomic E-state index is 12.9. The molecule has 1 N–H and O–H groups in total. The molecule has 5 heteroatoms. The van der Waals surface area contributed by atoms with Crippen molar-refractivity contribution in [2.24, 2.45) is 0 Å². The molecule has 0 radical (unpaired) electrons. The molecule has 1 aliphatic rings. The molecular formula is C25H29NO4. The van der Waals surface area contributed by atoms with Gasteiger partial charge in [-0.15, -0.1) is 0 Å². The number of rotatable bonds is 7. The molecule has 1 unspecified atom stereocenters. The Morgan fingerprint density at radius 2 is 1.67 bits per heavy atom. The highest BCUT2D eigenvalue weighted by atomic mass is 16.5. The molecule has 30 heavy (non-hydrogen) atoms. The van der Waals surface area contributed by atoms with E-state index in [0.717, 1.165) is 18.4 Å². The number of amides is 1. The minimum atomic E-state index is -0.645. The van der Waals surface area contributed by atoms with Crippen molar-refractivity contribution in [3.63, 3.8) is 0 Å². The SMILES string of the molecule is CCCN1C(=O)C(=O)/C(=C(\O)c2ccc(OC(C)C)cc2)C1c1ccc(CC)cc1. The van der Waals surface area contributed by atoms with E-state index in [4.69, 9.17) is 4.74 Å². The smallest absolute Gasteiger partial charge is 0.295 e. The van der Waals surface area contributed by atoms with Gasteiger partial charge in [0, 0.05) is 12.1 Å². The number of hydrogen-bond donors (Lipinski definition) is 1. The first kappa shape index (κ1) is 21.6. The third-order valence-electron chi connectivity index (χ3n) is 5.21. The van der Waals surface area contributed by atoms with E-state index in [0.29, 0.717) is 17.9 Å². The molecule has 1 aliphatic heterocycles. The maximum Gasteiger partial charge on any atom is 0.295 e. The summed E-state index contributed by atoms with van der Waals surface area (Å²) in [6.07, 6.45) is 1.66. The number of likely N-dealkylation sites (tertiary alicyclic amines) is 1. The number of ketones is 1. The second kappa shape index (κ2) is 9.16. The molecule has 1 heterocycles. The first-order valence-corrected chi connectivity index (χ1v) is 10.5. The first-order valence-electron chi connectivity index (χ1n) is 10.5. The molecule has 1 fully saturated rings. The van der Waals surface area contributed by atoms with Crippen molar-refractivity contribution in [1.29, 1.82) is 0 Å². The van der Waals surface area contributed by atoms with Crippen molar-refractivity contribution < 1.29 is 19.4 Å². The lowest BCUT2D eigenvalue weighted by molar-refractivity contribution is -0.139. The third-order valence-corrected chi connectivity index (χ3v) is 5.21. The molecular weight excluding hydrogens is 378 g/mol. The number of aliphatic hydroxyl groups excluding tert-OH is 1. The Kier molecular flexibility index (Phi) is 6.60. The quantitative estimate of drug-likeness (QED) is 0.404. The van der Waals surface area contributed by atoms with Crippen LogP contribution in [0.15, 0.2) is 54.1 Å². The standard InChI is InChI=1S/C25H29NO4/c1-5-15-26-22(18-9-7-17(6-2)8-10-18)21(24(28)25(26)29)23(27)19-11-13-20(14-12-19)30-16(3)4/h7-14,16,22,27H,5-6,15H2,1-4H3/b23-21-. The summed E-state index contributed by atoms with van der Waals surface area (Å²) in [5.41, 5.74) is 2.61. The summed E-state index contributed by atoms with van der Waals surface area (Å²) in [7, 11) is 0. The second-order valence-corrected chi connectivity index (χ2v) is 7.78. The fourth-order valence-electron chi connectivity index (χ4n) is 3.75. The number of nitrogens with zero attached hydrogens (tertiary/aromatic N) is 1. The maximum atomic E-state index is 12.9. The van der Waals surface area contributed by atoms with Gasteiger partial charge in [-0.3, -0.25) is 9.59 Å². The zero-order valence-corrected chi connectivity index (χ0v) is 18.0. The highest BCUT2D eigenvalue weighted by Gasteiger charge is 2.45. The van der Waals surface area contributed by atoms with Crippen molar-refractivity contribution in [2.75, 3.05) is 6.54 Å². The zero-order valence-electron chi connectivity index (χ0n) is 18.0. The molecule has 0 bridgehead atoms. The molecule has 1 amide bonds. The largest absolute Gasteiger partial charge is 0.507 e.